The summed E-state index contributed by atoms with van der Waals surface area (Å²) in [6.45, 7) is 6.78. The number of alkyl halides is 3. The van der Waals surface area contributed by atoms with Gasteiger partial charge in [0.2, 0.25) is 5.60 Å². The number of hydrogen-bond acceptors (Lipinski definition) is 9. The maximum Gasteiger partial charge on any atom is 0.427 e. The van der Waals surface area contributed by atoms with Crippen molar-refractivity contribution in [1.29, 1.82) is 0 Å². The molecule has 2 aromatic rings. The van der Waals surface area contributed by atoms with Gasteiger partial charge < -0.3 is 14.2 Å². The number of benzene rings is 1. The topological polar surface area (TPSA) is 146 Å². The summed E-state index contributed by atoms with van der Waals surface area (Å²) in [6.07, 6.45) is -4.83. The number of hydrogen-bond donors (Lipinski definition) is 1. The van der Waals surface area contributed by atoms with Crippen LogP contribution in [0.25, 0.3) is 0 Å². The molecule has 0 bridgehead atoms. The summed E-state index contributed by atoms with van der Waals surface area (Å²) in [5.41, 5.74) is -2.92. The first-order valence-electron chi connectivity index (χ1n) is 12.6. The molecule has 0 unspecified atom stereocenters. The zero-order chi connectivity index (χ0) is 31.0. The van der Waals surface area contributed by atoms with Crippen molar-refractivity contribution in [2.24, 2.45) is 0 Å². The van der Waals surface area contributed by atoms with Crippen LogP contribution in [-0.4, -0.2) is 75.2 Å². The number of rotatable bonds is 10. The molecule has 3 rings (SSSR count). The third-order valence-corrected chi connectivity index (χ3v) is 9.13. The molecule has 1 N–H and O–H groups in total. The van der Waals surface area contributed by atoms with Gasteiger partial charge >= 0.3 is 12.3 Å². The van der Waals surface area contributed by atoms with E-state index in [1.165, 1.54) is 36.0 Å². The monoisotopic (exact) mass is 626 g/mol. The van der Waals surface area contributed by atoms with Gasteiger partial charge in [0.1, 0.15) is 21.7 Å². The number of amides is 1. The molecule has 0 radical (unpaired) electrons. The fourth-order valence-corrected chi connectivity index (χ4v) is 6.40. The second kappa shape index (κ2) is 11.6. The Balaban J connectivity index is 2.08. The summed E-state index contributed by atoms with van der Waals surface area (Å²) >= 11 is 0. The molecule has 12 nitrogen and oxygen atoms in total. The summed E-state index contributed by atoms with van der Waals surface area (Å²) in [5.74, 6) is -0.376. The van der Waals surface area contributed by atoms with E-state index in [4.69, 9.17) is 9.47 Å². The maximum atomic E-state index is 14.1. The number of ether oxygens (including phenoxy) is 3. The molecule has 1 aliphatic rings. The van der Waals surface area contributed by atoms with Crippen LogP contribution >= 0.6 is 0 Å². The molecule has 1 aromatic carbocycles. The number of carbonyl (C=O) groups is 1. The number of nitrogens with zero attached hydrogens (tertiary/aromatic N) is 3. The van der Waals surface area contributed by atoms with Crippen LogP contribution in [0.2, 0.25) is 0 Å². The van der Waals surface area contributed by atoms with Crippen LogP contribution < -0.4 is 19.1 Å². The molecule has 230 valence electrons. The Morgan fingerprint density at radius 2 is 1.83 bits per heavy atom. The summed E-state index contributed by atoms with van der Waals surface area (Å²) in [4.78, 5) is 12.1. The third-order valence-electron chi connectivity index (χ3n) is 6.27. The van der Waals surface area contributed by atoms with Crippen molar-refractivity contribution in [2.45, 2.75) is 76.4 Å². The lowest BCUT2D eigenvalue weighted by Crippen LogP contribution is -2.51. The minimum atomic E-state index is -4.84. The van der Waals surface area contributed by atoms with E-state index in [2.05, 4.69) is 15.2 Å². The Bertz CT molecular complexity index is 1490. The van der Waals surface area contributed by atoms with Crippen molar-refractivity contribution in [3.05, 3.63) is 24.4 Å². The lowest BCUT2D eigenvalue weighted by atomic mass is 10.1. The van der Waals surface area contributed by atoms with Gasteiger partial charge in [-0.05, 0) is 52.8 Å². The number of sulfone groups is 1. The van der Waals surface area contributed by atoms with Crippen molar-refractivity contribution in [2.75, 3.05) is 28.2 Å². The van der Waals surface area contributed by atoms with E-state index in [0.29, 0.717) is 20.4 Å². The van der Waals surface area contributed by atoms with Crippen LogP contribution in [0.3, 0.4) is 0 Å². The van der Waals surface area contributed by atoms with Crippen molar-refractivity contribution in [3.8, 4) is 11.6 Å². The molecule has 1 aromatic heterocycles. The van der Waals surface area contributed by atoms with E-state index in [1.807, 2.05) is 0 Å². The van der Waals surface area contributed by atoms with Crippen LogP contribution in [0.1, 0.15) is 41.0 Å². The van der Waals surface area contributed by atoms with Crippen LogP contribution in [-0.2, 0) is 31.1 Å². The second-order valence-corrected chi connectivity index (χ2v) is 14.0. The highest BCUT2D eigenvalue weighted by atomic mass is 32.2. The minimum absolute atomic E-state index is 0.0309. The number of anilines is 2. The van der Waals surface area contributed by atoms with E-state index in [0.717, 1.165) is 10.6 Å². The number of aryl methyl sites for hydroxylation is 1. The van der Waals surface area contributed by atoms with Gasteiger partial charge in [0.15, 0.2) is 4.90 Å². The SMILES string of the molecule is CCOc1nn(CC)cc1S(=O)(=O)N1c2cc(NC(=O)OC(C)(C)C(F)(F)F)ccc2O[C@@H](CCS(C)(=O)=O)[C@H]1C. The van der Waals surface area contributed by atoms with Gasteiger partial charge in [0, 0.05) is 31.1 Å². The van der Waals surface area contributed by atoms with Crippen LogP contribution in [0, 0.1) is 0 Å². The Labute approximate surface area is 236 Å². The lowest BCUT2D eigenvalue weighted by molar-refractivity contribution is -0.242. The van der Waals surface area contributed by atoms with Gasteiger partial charge in [-0.1, -0.05) is 0 Å². The quantitative estimate of drug-likeness (QED) is 0.414. The Morgan fingerprint density at radius 3 is 2.39 bits per heavy atom. The molecule has 0 spiro atoms. The van der Waals surface area contributed by atoms with E-state index in [9.17, 15) is 34.8 Å². The molecule has 0 saturated carbocycles. The predicted molar refractivity (Wildman–Crippen MR) is 144 cm³/mol. The van der Waals surface area contributed by atoms with Crippen molar-refractivity contribution < 1.29 is 49.0 Å². The zero-order valence-electron chi connectivity index (χ0n) is 23.4. The summed E-state index contributed by atoms with van der Waals surface area (Å²) in [5, 5.41) is 6.36. The Morgan fingerprint density at radius 1 is 1.17 bits per heavy atom. The van der Waals surface area contributed by atoms with Crippen LogP contribution in [0.5, 0.6) is 11.6 Å². The van der Waals surface area contributed by atoms with Crippen molar-refractivity contribution >= 4 is 37.3 Å². The molecule has 41 heavy (non-hydrogen) atoms. The number of nitrogens with one attached hydrogen (secondary N) is 1. The van der Waals surface area contributed by atoms with Gasteiger partial charge in [0.05, 0.1) is 24.1 Å². The van der Waals surface area contributed by atoms with E-state index in [-0.39, 0.29) is 46.7 Å². The predicted octanol–water partition coefficient (Wildman–Crippen LogP) is 3.97. The van der Waals surface area contributed by atoms with Gasteiger partial charge in [-0.3, -0.25) is 14.3 Å². The van der Waals surface area contributed by atoms with E-state index < -0.39 is 49.9 Å². The highest BCUT2D eigenvalue weighted by Gasteiger charge is 2.51. The normalized spacial score (nSPS) is 17.9. The van der Waals surface area contributed by atoms with Crippen LogP contribution in [0.4, 0.5) is 29.3 Å². The molecule has 2 atom stereocenters. The highest BCUT2D eigenvalue weighted by molar-refractivity contribution is 7.93. The second-order valence-electron chi connectivity index (χ2n) is 9.91. The molecule has 0 fully saturated rings. The van der Waals surface area contributed by atoms with E-state index >= 15 is 0 Å². The summed E-state index contributed by atoms with van der Waals surface area (Å²) < 4.78 is 110. The third kappa shape index (κ3) is 7.17. The number of carbonyl (C=O) groups excluding carboxylic acids is 1. The van der Waals surface area contributed by atoms with Gasteiger partial charge in [-0.15, -0.1) is 5.10 Å². The fraction of sp³-hybridized carbons (Fsp3) is 0.583. The lowest BCUT2D eigenvalue weighted by Gasteiger charge is -2.41. The number of fused-ring (bicyclic) bond motifs is 1. The first-order valence-corrected chi connectivity index (χ1v) is 16.1. The average Bonchev–Trinajstić information content (AvgIpc) is 3.25. The smallest absolute Gasteiger partial charge is 0.427 e. The minimum Gasteiger partial charge on any atom is -0.486 e. The molecule has 0 aliphatic carbocycles. The molecular weight excluding hydrogens is 593 g/mol. The molecule has 0 saturated heterocycles. The average molecular weight is 627 g/mol. The van der Waals surface area contributed by atoms with Crippen molar-refractivity contribution in [3.63, 3.8) is 0 Å². The molecule has 1 aliphatic heterocycles. The molecular formula is C24H33F3N4O8S2. The first-order chi connectivity index (χ1) is 18.8. The van der Waals surface area contributed by atoms with Gasteiger partial charge in [0.25, 0.3) is 15.9 Å². The summed E-state index contributed by atoms with van der Waals surface area (Å²) in [7, 11) is -7.86. The Hall–Kier alpha value is -3.21. The number of halogens is 3. The molecule has 2 heterocycles. The van der Waals surface area contributed by atoms with Gasteiger partial charge in [-0.2, -0.15) is 13.2 Å². The van der Waals surface area contributed by atoms with Gasteiger partial charge in [-0.25, -0.2) is 21.6 Å². The highest BCUT2D eigenvalue weighted by Crippen LogP contribution is 2.43. The van der Waals surface area contributed by atoms with Crippen molar-refractivity contribution in [1.82, 2.24) is 9.78 Å². The maximum absolute atomic E-state index is 14.1. The zero-order valence-corrected chi connectivity index (χ0v) is 25.0. The largest absolute Gasteiger partial charge is 0.486 e. The first kappa shape index (κ1) is 32.3. The fourth-order valence-electron chi connectivity index (χ4n) is 3.98. The molecule has 17 heteroatoms. The van der Waals surface area contributed by atoms with Crippen LogP contribution in [0.15, 0.2) is 29.3 Å². The van der Waals surface area contributed by atoms with E-state index in [1.54, 1.807) is 13.8 Å². The summed E-state index contributed by atoms with van der Waals surface area (Å²) in [6, 6.07) is 2.86. The Kier molecular flexibility index (Phi) is 9.13. The molecule has 1 amide bonds. The number of sulfonamides is 1. The number of aromatic nitrogens is 2. The standard InChI is InChI=1S/C24H33F3N4O8S2/c1-7-30-14-20(21(29-30)37-8-2)41(35,36)31-15(3)18(11-12-40(6,33)34)38-19-10-9-16(13-17(19)31)28-22(32)39-23(4,5)24(25,26)27/h9-10,13-15,18H,7-8,11-12H2,1-6H3,(H,28,32)/t15-,18+/m1/s1.